The number of amides is 1. The van der Waals surface area contributed by atoms with Crippen LogP contribution in [0.5, 0.6) is 0 Å². The van der Waals surface area contributed by atoms with Crippen molar-refractivity contribution >= 4 is 5.91 Å². The normalized spacial score (nSPS) is 11.8. The Bertz CT molecular complexity index is 736. The number of aryl methyl sites for hydroxylation is 1. The van der Waals surface area contributed by atoms with Crippen LogP contribution in [0.2, 0.25) is 0 Å². The van der Waals surface area contributed by atoms with Crippen LogP contribution < -0.4 is 0 Å². The molecule has 0 N–H and O–H groups in total. The second-order valence-electron chi connectivity index (χ2n) is 6.06. The first-order valence-electron chi connectivity index (χ1n) is 7.48. The van der Waals surface area contributed by atoms with Gasteiger partial charge in [0.15, 0.2) is 5.76 Å². The molecule has 0 atom stereocenters. The minimum atomic E-state index is -4.49. The van der Waals surface area contributed by atoms with Crippen LogP contribution >= 0.6 is 0 Å². The van der Waals surface area contributed by atoms with Crippen LogP contribution in [0, 0.1) is 6.92 Å². The molecular weight excluding hydrogens is 321 g/mol. The first-order chi connectivity index (χ1) is 11.1. The minimum absolute atomic E-state index is 0.0240. The molecule has 0 spiro atoms. The number of benzene rings is 1. The summed E-state index contributed by atoms with van der Waals surface area (Å²) >= 11 is 0. The number of alkyl halides is 3. The fourth-order valence-corrected chi connectivity index (χ4v) is 2.22. The van der Waals surface area contributed by atoms with Crippen LogP contribution in [0.4, 0.5) is 13.2 Å². The lowest BCUT2D eigenvalue weighted by atomic mass is 10.0. The molecule has 0 bridgehead atoms. The standard InChI is InChI=1S/C17H19F3N2O2/c1-10(2)15-8-13(24-21-15)9-22(4)16(23)14-7-12(17(18,19)20)6-5-11(14)3/h5-8,10H,9H2,1-4H3. The van der Waals surface area contributed by atoms with Gasteiger partial charge in [-0.2, -0.15) is 13.2 Å². The van der Waals surface area contributed by atoms with Gasteiger partial charge in [0.1, 0.15) is 0 Å². The first kappa shape index (κ1) is 18.0. The Morgan fingerprint density at radius 1 is 1.29 bits per heavy atom. The van der Waals surface area contributed by atoms with Gasteiger partial charge in [0.2, 0.25) is 0 Å². The van der Waals surface area contributed by atoms with E-state index in [-0.39, 0.29) is 18.0 Å². The molecule has 24 heavy (non-hydrogen) atoms. The average molecular weight is 340 g/mol. The molecular formula is C17H19F3N2O2. The molecule has 2 aromatic rings. The maximum atomic E-state index is 12.8. The monoisotopic (exact) mass is 340 g/mol. The van der Waals surface area contributed by atoms with E-state index in [0.29, 0.717) is 11.3 Å². The summed E-state index contributed by atoms with van der Waals surface area (Å²) in [5.41, 5.74) is 0.434. The highest BCUT2D eigenvalue weighted by Crippen LogP contribution is 2.30. The summed E-state index contributed by atoms with van der Waals surface area (Å²) in [6.07, 6.45) is -4.49. The maximum absolute atomic E-state index is 12.8. The molecule has 0 saturated heterocycles. The van der Waals surface area contributed by atoms with E-state index in [1.165, 1.54) is 18.0 Å². The molecule has 1 heterocycles. The number of nitrogens with zero attached hydrogens (tertiary/aromatic N) is 2. The molecule has 0 unspecified atom stereocenters. The van der Waals surface area contributed by atoms with E-state index < -0.39 is 17.6 Å². The smallest absolute Gasteiger partial charge is 0.359 e. The predicted octanol–water partition coefficient (Wildman–Crippen LogP) is 4.40. The highest BCUT2D eigenvalue weighted by molar-refractivity contribution is 5.95. The van der Waals surface area contributed by atoms with Crippen molar-refractivity contribution in [3.8, 4) is 0 Å². The van der Waals surface area contributed by atoms with Crippen molar-refractivity contribution in [3.05, 3.63) is 52.4 Å². The molecule has 0 radical (unpaired) electrons. The SMILES string of the molecule is Cc1ccc(C(F)(F)F)cc1C(=O)N(C)Cc1cc(C(C)C)no1. The van der Waals surface area contributed by atoms with Gasteiger partial charge in [0.25, 0.3) is 5.91 Å². The minimum Gasteiger partial charge on any atom is -0.359 e. The molecule has 2 rings (SSSR count). The number of aromatic nitrogens is 1. The van der Waals surface area contributed by atoms with E-state index in [1.807, 2.05) is 13.8 Å². The second-order valence-corrected chi connectivity index (χ2v) is 6.06. The van der Waals surface area contributed by atoms with Gasteiger partial charge < -0.3 is 9.42 Å². The van der Waals surface area contributed by atoms with Gasteiger partial charge in [0.05, 0.1) is 17.8 Å². The average Bonchev–Trinajstić information content (AvgIpc) is 2.94. The zero-order valence-electron chi connectivity index (χ0n) is 13.9. The molecule has 4 nitrogen and oxygen atoms in total. The fourth-order valence-electron chi connectivity index (χ4n) is 2.22. The highest BCUT2D eigenvalue weighted by Gasteiger charge is 2.31. The Kier molecular flexibility index (Phi) is 5.01. The van der Waals surface area contributed by atoms with Crippen molar-refractivity contribution in [3.63, 3.8) is 0 Å². The topological polar surface area (TPSA) is 46.3 Å². The number of rotatable bonds is 4. The van der Waals surface area contributed by atoms with Gasteiger partial charge in [-0.1, -0.05) is 25.1 Å². The van der Waals surface area contributed by atoms with Crippen molar-refractivity contribution in [2.24, 2.45) is 0 Å². The van der Waals surface area contributed by atoms with E-state index in [1.54, 1.807) is 13.0 Å². The zero-order valence-corrected chi connectivity index (χ0v) is 13.9. The first-order valence-corrected chi connectivity index (χ1v) is 7.48. The van der Waals surface area contributed by atoms with Crippen LogP contribution in [0.25, 0.3) is 0 Å². The summed E-state index contributed by atoms with van der Waals surface area (Å²) in [5, 5.41) is 3.90. The number of carbonyl (C=O) groups is 1. The Balaban J connectivity index is 2.21. The van der Waals surface area contributed by atoms with Crippen molar-refractivity contribution < 1.29 is 22.5 Å². The molecule has 0 saturated carbocycles. The molecule has 0 aliphatic heterocycles. The summed E-state index contributed by atoms with van der Waals surface area (Å²) in [4.78, 5) is 13.8. The summed E-state index contributed by atoms with van der Waals surface area (Å²) in [7, 11) is 1.51. The Labute approximate surface area is 138 Å². The van der Waals surface area contributed by atoms with Crippen molar-refractivity contribution in [1.29, 1.82) is 0 Å². The van der Waals surface area contributed by atoms with Gasteiger partial charge in [-0.15, -0.1) is 0 Å². The Morgan fingerprint density at radius 2 is 1.96 bits per heavy atom. The molecule has 1 aromatic carbocycles. The van der Waals surface area contributed by atoms with E-state index >= 15 is 0 Å². The molecule has 7 heteroatoms. The summed E-state index contributed by atoms with van der Waals surface area (Å²) < 4.78 is 43.7. The second kappa shape index (κ2) is 6.67. The van der Waals surface area contributed by atoms with Crippen LogP contribution in [-0.4, -0.2) is 23.0 Å². The molecule has 1 aromatic heterocycles. The zero-order chi connectivity index (χ0) is 18.1. The van der Waals surface area contributed by atoms with Crippen LogP contribution in [0.1, 0.15) is 52.7 Å². The molecule has 0 aliphatic carbocycles. The number of hydrogen-bond acceptors (Lipinski definition) is 3. The summed E-state index contributed by atoms with van der Waals surface area (Å²) in [5.74, 6) is 0.175. The van der Waals surface area contributed by atoms with Gasteiger partial charge in [-0.25, -0.2) is 0 Å². The largest absolute Gasteiger partial charge is 0.416 e. The number of halogens is 3. The Morgan fingerprint density at radius 3 is 2.50 bits per heavy atom. The van der Waals surface area contributed by atoms with Gasteiger partial charge in [-0.3, -0.25) is 4.79 Å². The molecule has 1 amide bonds. The van der Waals surface area contributed by atoms with Crippen molar-refractivity contribution in [2.75, 3.05) is 7.05 Å². The lowest BCUT2D eigenvalue weighted by Gasteiger charge is -2.18. The third kappa shape index (κ3) is 3.96. The number of hydrogen-bond donors (Lipinski definition) is 0. The van der Waals surface area contributed by atoms with Gasteiger partial charge in [-0.05, 0) is 30.5 Å². The van der Waals surface area contributed by atoms with Crippen molar-refractivity contribution in [1.82, 2.24) is 10.1 Å². The molecule has 0 fully saturated rings. The number of carbonyl (C=O) groups excluding carboxylic acids is 1. The molecule has 0 aliphatic rings. The van der Waals surface area contributed by atoms with Crippen molar-refractivity contribution in [2.45, 2.75) is 39.4 Å². The van der Waals surface area contributed by atoms with E-state index in [4.69, 9.17) is 4.52 Å². The van der Waals surface area contributed by atoms with E-state index in [9.17, 15) is 18.0 Å². The van der Waals surface area contributed by atoms with Crippen LogP contribution in [0.3, 0.4) is 0 Å². The lowest BCUT2D eigenvalue weighted by Crippen LogP contribution is -2.27. The fraction of sp³-hybridized carbons (Fsp3) is 0.412. The predicted molar refractivity (Wildman–Crippen MR) is 82.6 cm³/mol. The van der Waals surface area contributed by atoms with Gasteiger partial charge >= 0.3 is 6.18 Å². The highest BCUT2D eigenvalue weighted by atomic mass is 19.4. The third-order valence-electron chi connectivity index (χ3n) is 3.70. The lowest BCUT2D eigenvalue weighted by molar-refractivity contribution is -0.137. The summed E-state index contributed by atoms with van der Waals surface area (Å²) in [6, 6.07) is 4.90. The molecule has 130 valence electrons. The summed E-state index contributed by atoms with van der Waals surface area (Å²) in [6.45, 7) is 5.66. The van der Waals surface area contributed by atoms with Crippen LogP contribution in [-0.2, 0) is 12.7 Å². The van der Waals surface area contributed by atoms with Gasteiger partial charge in [0, 0.05) is 18.7 Å². The third-order valence-corrected chi connectivity index (χ3v) is 3.70. The van der Waals surface area contributed by atoms with E-state index in [0.717, 1.165) is 17.8 Å². The maximum Gasteiger partial charge on any atom is 0.416 e. The van der Waals surface area contributed by atoms with Crippen LogP contribution in [0.15, 0.2) is 28.8 Å². The van der Waals surface area contributed by atoms with E-state index in [2.05, 4.69) is 5.16 Å². The Hall–Kier alpha value is -2.31. The quantitative estimate of drug-likeness (QED) is 0.829.